The lowest BCUT2D eigenvalue weighted by Gasteiger charge is -2.11. The zero-order valence-corrected chi connectivity index (χ0v) is 15.4. The Labute approximate surface area is 165 Å². The fraction of sp³-hybridized carbons (Fsp3) is 0.100. The van der Waals surface area contributed by atoms with Gasteiger partial charge in [-0.2, -0.15) is 0 Å². The van der Waals surface area contributed by atoms with E-state index in [0.29, 0.717) is 44.6 Å². The van der Waals surface area contributed by atoms with Crippen molar-refractivity contribution in [1.82, 2.24) is 15.0 Å². The van der Waals surface area contributed by atoms with E-state index in [0.717, 1.165) is 0 Å². The van der Waals surface area contributed by atoms with Gasteiger partial charge in [0.1, 0.15) is 30.0 Å². The second kappa shape index (κ2) is 7.84. The van der Waals surface area contributed by atoms with Crippen molar-refractivity contribution >= 4 is 34.1 Å². The monoisotopic (exact) mass is 398 g/mol. The maximum Gasteiger partial charge on any atom is 0.158 e. The third-order valence-corrected chi connectivity index (χ3v) is 4.42. The predicted octanol–water partition coefficient (Wildman–Crippen LogP) is 4.57. The Hall–Kier alpha value is -3.16. The van der Waals surface area contributed by atoms with Crippen molar-refractivity contribution in [2.75, 3.05) is 5.32 Å². The molecule has 142 valence electrons. The molecule has 3 N–H and O–H groups in total. The largest absolute Gasteiger partial charge is 0.487 e. The van der Waals surface area contributed by atoms with E-state index < -0.39 is 0 Å². The summed E-state index contributed by atoms with van der Waals surface area (Å²) in [7, 11) is 0. The van der Waals surface area contributed by atoms with Crippen LogP contribution in [0.3, 0.4) is 0 Å². The molecule has 0 spiro atoms. The van der Waals surface area contributed by atoms with Gasteiger partial charge >= 0.3 is 0 Å². The topological polar surface area (TPSA) is 83.1 Å². The van der Waals surface area contributed by atoms with Crippen LogP contribution in [-0.4, -0.2) is 20.1 Å². The van der Waals surface area contributed by atoms with Crippen molar-refractivity contribution in [3.63, 3.8) is 0 Å². The lowest BCUT2D eigenvalue weighted by atomic mass is 10.2. The molecule has 4 rings (SSSR count). The van der Waals surface area contributed by atoms with Gasteiger partial charge in [-0.25, -0.2) is 14.4 Å². The van der Waals surface area contributed by atoms with Crippen LogP contribution in [0.2, 0.25) is 5.02 Å². The SMILES string of the molecule is OCc1cc2ncnc(Nc3ccc(OCc4cccc(F)c4)c(Cl)c3)c2[nH]1. The van der Waals surface area contributed by atoms with Crippen LogP contribution in [0.15, 0.2) is 54.9 Å². The van der Waals surface area contributed by atoms with Crippen LogP contribution in [0.4, 0.5) is 15.9 Å². The first-order chi connectivity index (χ1) is 13.6. The molecule has 0 saturated heterocycles. The molecule has 0 aliphatic rings. The van der Waals surface area contributed by atoms with Gasteiger partial charge in [0.05, 0.1) is 17.1 Å². The van der Waals surface area contributed by atoms with Crippen LogP contribution in [0.1, 0.15) is 11.3 Å². The number of nitrogens with one attached hydrogen (secondary N) is 2. The molecule has 0 radical (unpaired) electrons. The summed E-state index contributed by atoms with van der Waals surface area (Å²) in [5.74, 6) is 0.748. The number of H-pyrrole nitrogens is 1. The number of ether oxygens (including phenoxy) is 1. The van der Waals surface area contributed by atoms with Crippen molar-refractivity contribution in [2.24, 2.45) is 0 Å². The van der Waals surface area contributed by atoms with Gasteiger partial charge in [-0.05, 0) is 42.0 Å². The number of fused-ring (bicyclic) bond motifs is 1. The van der Waals surface area contributed by atoms with Crippen LogP contribution in [0.25, 0.3) is 11.0 Å². The Morgan fingerprint density at radius 1 is 1.14 bits per heavy atom. The zero-order chi connectivity index (χ0) is 19.5. The van der Waals surface area contributed by atoms with Gasteiger partial charge in [0.2, 0.25) is 0 Å². The quantitative estimate of drug-likeness (QED) is 0.443. The second-order valence-corrected chi connectivity index (χ2v) is 6.53. The van der Waals surface area contributed by atoms with Crippen LogP contribution < -0.4 is 10.1 Å². The van der Waals surface area contributed by atoms with E-state index in [-0.39, 0.29) is 19.0 Å². The maximum atomic E-state index is 13.3. The third-order valence-electron chi connectivity index (χ3n) is 4.12. The zero-order valence-electron chi connectivity index (χ0n) is 14.6. The molecule has 0 aliphatic carbocycles. The van der Waals surface area contributed by atoms with E-state index >= 15 is 0 Å². The van der Waals surface area contributed by atoms with Crippen molar-refractivity contribution in [3.8, 4) is 5.75 Å². The van der Waals surface area contributed by atoms with E-state index in [9.17, 15) is 9.50 Å². The highest BCUT2D eigenvalue weighted by molar-refractivity contribution is 6.32. The number of hydrogen-bond acceptors (Lipinski definition) is 5. The average molecular weight is 399 g/mol. The van der Waals surface area contributed by atoms with Crippen LogP contribution in [0, 0.1) is 5.82 Å². The van der Waals surface area contributed by atoms with E-state index in [1.165, 1.54) is 18.5 Å². The Bertz CT molecular complexity index is 1130. The Balaban J connectivity index is 1.51. The minimum atomic E-state index is -0.309. The molecular formula is C20H16ClFN4O2. The van der Waals surface area contributed by atoms with Gasteiger partial charge in [-0.3, -0.25) is 0 Å². The van der Waals surface area contributed by atoms with E-state index in [1.54, 1.807) is 36.4 Å². The number of halogens is 2. The molecule has 0 atom stereocenters. The highest BCUT2D eigenvalue weighted by atomic mass is 35.5. The smallest absolute Gasteiger partial charge is 0.158 e. The van der Waals surface area contributed by atoms with Gasteiger partial charge in [0.25, 0.3) is 0 Å². The number of aromatic amines is 1. The number of anilines is 2. The summed E-state index contributed by atoms with van der Waals surface area (Å²) in [4.78, 5) is 11.5. The summed E-state index contributed by atoms with van der Waals surface area (Å²) in [5, 5.41) is 12.9. The molecule has 0 amide bonds. The minimum absolute atomic E-state index is 0.112. The highest BCUT2D eigenvalue weighted by Crippen LogP contribution is 2.31. The standard InChI is InChI=1S/C20H16ClFN4O2/c21-16-7-14(4-5-18(16)28-10-12-2-1-3-13(22)6-12)26-20-19-17(23-11-24-20)8-15(9-27)25-19/h1-8,11,25,27H,9-10H2,(H,23,24,26). The fourth-order valence-corrected chi connectivity index (χ4v) is 3.03. The molecule has 8 heteroatoms. The lowest BCUT2D eigenvalue weighted by Crippen LogP contribution is -1.98. The van der Waals surface area contributed by atoms with Crippen LogP contribution >= 0.6 is 11.6 Å². The number of benzene rings is 2. The van der Waals surface area contributed by atoms with Crippen molar-refractivity contribution in [1.29, 1.82) is 0 Å². The van der Waals surface area contributed by atoms with E-state index in [1.807, 2.05) is 0 Å². The van der Waals surface area contributed by atoms with Crippen LogP contribution in [0.5, 0.6) is 5.75 Å². The maximum absolute atomic E-state index is 13.3. The molecule has 0 fully saturated rings. The number of rotatable bonds is 6. The summed E-state index contributed by atoms with van der Waals surface area (Å²) in [6.45, 7) is 0.0994. The number of hydrogen-bond donors (Lipinski definition) is 3. The first kappa shape index (κ1) is 18.2. The lowest BCUT2D eigenvalue weighted by molar-refractivity contribution is 0.278. The van der Waals surface area contributed by atoms with E-state index in [4.69, 9.17) is 16.3 Å². The molecular weight excluding hydrogens is 383 g/mol. The summed E-state index contributed by atoms with van der Waals surface area (Å²) in [6.07, 6.45) is 1.44. The molecule has 0 bridgehead atoms. The number of aliphatic hydroxyl groups is 1. The minimum Gasteiger partial charge on any atom is -0.487 e. The molecule has 28 heavy (non-hydrogen) atoms. The molecule has 0 saturated carbocycles. The molecule has 2 aromatic carbocycles. The number of aliphatic hydroxyl groups excluding tert-OH is 1. The first-order valence-corrected chi connectivity index (χ1v) is 8.87. The molecule has 6 nitrogen and oxygen atoms in total. The van der Waals surface area contributed by atoms with Gasteiger partial charge in [0, 0.05) is 11.4 Å². The van der Waals surface area contributed by atoms with Gasteiger partial charge < -0.3 is 20.1 Å². The summed E-state index contributed by atoms with van der Waals surface area (Å²) in [6, 6.07) is 13.2. The van der Waals surface area contributed by atoms with Crippen molar-refractivity contribution in [2.45, 2.75) is 13.2 Å². The van der Waals surface area contributed by atoms with Gasteiger partial charge in [-0.1, -0.05) is 23.7 Å². The second-order valence-electron chi connectivity index (χ2n) is 6.12. The number of aromatic nitrogens is 3. The van der Waals surface area contributed by atoms with Crippen molar-refractivity contribution < 1.29 is 14.2 Å². The highest BCUT2D eigenvalue weighted by Gasteiger charge is 2.10. The predicted molar refractivity (Wildman–Crippen MR) is 105 cm³/mol. The third kappa shape index (κ3) is 3.90. The number of nitrogens with zero attached hydrogens (tertiary/aromatic N) is 2. The first-order valence-electron chi connectivity index (χ1n) is 8.49. The molecule has 2 aromatic heterocycles. The van der Waals surface area contributed by atoms with Crippen molar-refractivity contribution in [3.05, 3.63) is 77.0 Å². The Morgan fingerprint density at radius 3 is 2.82 bits per heavy atom. The van der Waals surface area contributed by atoms with Gasteiger partial charge in [-0.15, -0.1) is 0 Å². The normalized spacial score (nSPS) is 11.0. The molecule has 2 heterocycles. The summed E-state index contributed by atoms with van der Waals surface area (Å²) in [5.41, 5.74) is 3.46. The van der Waals surface area contributed by atoms with Crippen LogP contribution in [-0.2, 0) is 13.2 Å². The Kier molecular flexibility index (Phi) is 5.10. The summed E-state index contributed by atoms with van der Waals surface area (Å²) < 4.78 is 18.9. The average Bonchev–Trinajstić information content (AvgIpc) is 3.12. The molecule has 0 unspecified atom stereocenters. The summed E-state index contributed by atoms with van der Waals surface area (Å²) >= 11 is 6.33. The van der Waals surface area contributed by atoms with Gasteiger partial charge in [0.15, 0.2) is 5.82 Å². The fourth-order valence-electron chi connectivity index (χ4n) is 2.79. The molecule has 0 aliphatic heterocycles. The van der Waals surface area contributed by atoms with E-state index in [2.05, 4.69) is 20.3 Å². The molecule has 4 aromatic rings. The Morgan fingerprint density at radius 2 is 2.04 bits per heavy atom.